The number of anilines is 1. The van der Waals surface area contributed by atoms with Crippen LogP contribution in [0, 0.1) is 13.8 Å². The first-order chi connectivity index (χ1) is 13.6. The highest BCUT2D eigenvalue weighted by molar-refractivity contribution is 7.12. The Kier molecular flexibility index (Phi) is 6.39. The second-order valence-electron chi connectivity index (χ2n) is 8.50. The normalized spacial score (nSPS) is 19.3. The molecule has 4 heteroatoms. The van der Waals surface area contributed by atoms with Crippen molar-refractivity contribution in [3.63, 3.8) is 0 Å². The van der Waals surface area contributed by atoms with Crippen LogP contribution in [0.25, 0.3) is 0 Å². The number of piperazine rings is 1. The maximum Gasteiger partial charge on any atom is 0.0815 e. The second-order valence-corrected chi connectivity index (χ2v) is 9.81. The molecule has 1 N–H and O–H groups in total. The van der Waals surface area contributed by atoms with Crippen molar-refractivity contribution in [3.8, 4) is 0 Å². The van der Waals surface area contributed by atoms with Gasteiger partial charge in [0.25, 0.3) is 0 Å². The SMILES string of the molecule is Cc1ccc(N2CCN(CCC(O)c3c(C)sc4c3CCCCC4)CC2)cc1. The van der Waals surface area contributed by atoms with Gasteiger partial charge in [-0.25, -0.2) is 0 Å². The first-order valence-electron chi connectivity index (χ1n) is 10.9. The molecule has 152 valence electrons. The van der Waals surface area contributed by atoms with Crippen LogP contribution < -0.4 is 4.90 Å². The Hall–Kier alpha value is -1.36. The molecule has 0 bridgehead atoms. The third kappa shape index (κ3) is 4.45. The number of fused-ring (bicyclic) bond motifs is 1. The number of aliphatic hydroxyl groups excluding tert-OH is 1. The number of rotatable bonds is 5. The summed E-state index contributed by atoms with van der Waals surface area (Å²) in [6.45, 7) is 9.66. The van der Waals surface area contributed by atoms with Gasteiger partial charge in [0.05, 0.1) is 6.10 Å². The van der Waals surface area contributed by atoms with E-state index in [1.54, 1.807) is 4.88 Å². The van der Waals surface area contributed by atoms with Gasteiger partial charge >= 0.3 is 0 Å². The molecule has 1 fully saturated rings. The molecule has 2 aromatic rings. The van der Waals surface area contributed by atoms with Crippen molar-refractivity contribution >= 4 is 17.0 Å². The Morgan fingerprint density at radius 1 is 0.964 bits per heavy atom. The predicted octanol–water partition coefficient (Wildman–Crippen LogP) is 4.88. The molecule has 1 atom stereocenters. The van der Waals surface area contributed by atoms with Gasteiger partial charge in [-0.05, 0) is 69.2 Å². The summed E-state index contributed by atoms with van der Waals surface area (Å²) in [4.78, 5) is 7.91. The van der Waals surface area contributed by atoms with Crippen molar-refractivity contribution in [2.45, 2.75) is 58.5 Å². The van der Waals surface area contributed by atoms with Crippen LogP contribution in [0.3, 0.4) is 0 Å². The minimum Gasteiger partial charge on any atom is -0.388 e. The molecule has 2 heterocycles. The Balaban J connectivity index is 1.31. The fraction of sp³-hybridized carbons (Fsp3) is 0.583. The summed E-state index contributed by atoms with van der Waals surface area (Å²) in [6, 6.07) is 8.87. The van der Waals surface area contributed by atoms with E-state index in [-0.39, 0.29) is 6.10 Å². The standard InChI is InChI=1S/C24H34N2OS/c1-18-8-10-20(11-9-18)26-16-14-25(15-17-26)13-12-22(27)24-19(2)28-23-7-5-3-4-6-21(23)24/h8-11,22,27H,3-7,12-17H2,1-2H3. The van der Waals surface area contributed by atoms with Crippen LogP contribution in [-0.2, 0) is 12.8 Å². The number of nitrogens with zero attached hydrogens (tertiary/aromatic N) is 2. The van der Waals surface area contributed by atoms with Crippen molar-refractivity contribution < 1.29 is 5.11 Å². The molecule has 3 nitrogen and oxygen atoms in total. The monoisotopic (exact) mass is 398 g/mol. The van der Waals surface area contributed by atoms with Crippen molar-refractivity contribution in [3.05, 3.63) is 50.7 Å². The molecule has 1 aromatic heterocycles. The van der Waals surface area contributed by atoms with E-state index in [1.807, 2.05) is 11.3 Å². The van der Waals surface area contributed by atoms with Crippen molar-refractivity contribution in [2.75, 3.05) is 37.6 Å². The number of benzene rings is 1. The molecule has 1 aliphatic heterocycles. The molecule has 0 radical (unpaired) electrons. The predicted molar refractivity (Wildman–Crippen MR) is 120 cm³/mol. The molecule has 2 aliphatic rings. The van der Waals surface area contributed by atoms with Gasteiger partial charge in [0, 0.05) is 48.2 Å². The van der Waals surface area contributed by atoms with E-state index in [9.17, 15) is 5.11 Å². The summed E-state index contributed by atoms with van der Waals surface area (Å²) < 4.78 is 0. The third-order valence-corrected chi connectivity index (χ3v) is 7.69. The summed E-state index contributed by atoms with van der Waals surface area (Å²) in [5.41, 5.74) is 5.43. The van der Waals surface area contributed by atoms with Crippen LogP contribution >= 0.6 is 11.3 Å². The average Bonchev–Trinajstić information content (AvgIpc) is 2.86. The summed E-state index contributed by atoms with van der Waals surface area (Å²) in [5.74, 6) is 0. The van der Waals surface area contributed by atoms with E-state index >= 15 is 0 Å². The Labute approximate surface area is 174 Å². The van der Waals surface area contributed by atoms with Gasteiger partial charge in [0.15, 0.2) is 0 Å². The number of hydrogen-bond acceptors (Lipinski definition) is 4. The molecular weight excluding hydrogens is 364 g/mol. The maximum atomic E-state index is 11.0. The minimum absolute atomic E-state index is 0.298. The van der Waals surface area contributed by atoms with Gasteiger partial charge in [0.1, 0.15) is 0 Å². The van der Waals surface area contributed by atoms with E-state index < -0.39 is 0 Å². The fourth-order valence-electron chi connectivity index (χ4n) is 4.77. The van der Waals surface area contributed by atoms with Gasteiger partial charge in [-0.15, -0.1) is 11.3 Å². The molecular formula is C24H34N2OS. The molecule has 28 heavy (non-hydrogen) atoms. The largest absolute Gasteiger partial charge is 0.388 e. The van der Waals surface area contributed by atoms with Crippen LogP contribution in [0.2, 0.25) is 0 Å². The zero-order valence-electron chi connectivity index (χ0n) is 17.4. The number of aliphatic hydroxyl groups is 1. The van der Waals surface area contributed by atoms with E-state index in [0.29, 0.717) is 0 Å². The van der Waals surface area contributed by atoms with Crippen LogP contribution in [0.4, 0.5) is 5.69 Å². The summed E-state index contributed by atoms with van der Waals surface area (Å²) in [6.07, 6.45) is 6.87. The molecule has 1 aliphatic carbocycles. The molecule has 1 unspecified atom stereocenters. The van der Waals surface area contributed by atoms with E-state index in [0.717, 1.165) is 39.1 Å². The molecule has 0 spiro atoms. The fourth-order valence-corrected chi connectivity index (χ4v) is 6.09. The summed E-state index contributed by atoms with van der Waals surface area (Å²) in [7, 11) is 0. The highest BCUT2D eigenvalue weighted by Gasteiger charge is 2.24. The lowest BCUT2D eigenvalue weighted by Gasteiger charge is -2.36. The van der Waals surface area contributed by atoms with Gasteiger partial charge in [-0.1, -0.05) is 24.1 Å². The van der Waals surface area contributed by atoms with Crippen LogP contribution in [0.1, 0.15) is 58.2 Å². The lowest BCUT2D eigenvalue weighted by molar-refractivity contribution is 0.138. The Morgan fingerprint density at radius 2 is 1.68 bits per heavy atom. The second kappa shape index (κ2) is 8.98. The molecule has 0 amide bonds. The van der Waals surface area contributed by atoms with Crippen molar-refractivity contribution in [1.82, 2.24) is 4.90 Å². The number of aryl methyl sites for hydroxylation is 3. The minimum atomic E-state index is -0.298. The third-order valence-electron chi connectivity index (χ3n) is 6.47. The van der Waals surface area contributed by atoms with Gasteiger partial charge in [-0.3, -0.25) is 4.90 Å². The lowest BCUT2D eigenvalue weighted by Crippen LogP contribution is -2.46. The Morgan fingerprint density at radius 3 is 2.43 bits per heavy atom. The molecule has 0 saturated carbocycles. The average molecular weight is 399 g/mol. The number of hydrogen-bond donors (Lipinski definition) is 1. The topological polar surface area (TPSA) is 26.7 Å². The molecule has 4 rings (SSSR count). The first-order valence-corrected chi connectivity index (χ1v) is 11.8. The van der Waals surface area contributed by atoms with E-state index in [1.165, 1.54) is 59.4 Å². The zero-order chi connectivity index (χ0) is 19.5. The first kappa shape index (κ1) is 19.9. The smallest absolute Gasteiger partial charge is 0.0815 e. The van der Waals surface area contributed by atoms with Crippen LogP contribution in [-0.4, -0.2) is 42.7 Å². The van der Waals surface area contributed by atoms with Crippen LogP contribution in [0.15, 0.2) is 24.3 Å². The summed E-state index contributed by atoms with van der Waals surface area (Å²) in [5, 5.41) is 11.0. The maximum absolute atomic E-state index is 11.0. The molecule has 1 aromatic carbocycles. The van der Waals surface area contributed by atoms with Crippen molar-refractivity contribution in [2.24, 2.45) is 0 Å². The van der Waals surface area contributed by atoms with Crippen LogP contribution in [0.5, 0.6) is 0 Å². The lowest BCUT2D eigenvalue weighted by atomic mass is 9.97. The highest BCUT2D eigenvalue weighted by atomic mass is 32.1. The van der Waals surface area contributed by atoms with E-state index in [4.69, 9.17) is 0 Å². The van der Waals surface area contributed by atoms with Gasteiger partial charge < -0.3 is 10.0 Å². The number of thiophene rings is 1. The summed E-state index contributed by atoms with van der Waals surface area (Å²) >= 11 is 1.94. The van der Waals surface area contributed by atoms with E-state index in [2.05, 4.69) is 47.9 Å². The quantitative estimate of drug-likeness (QED) is 0.727. The highest BCUT2D eigenvalue weighted by Crippen LogP contribution is 2.37. The van der Waals surface area contributed by atoms with Gasteiger partial charge in [-0.2, -0.15) is 0 Å². The zero-order valence-corrected chi connectivity index (χ0v) is 18.2. The molecule has 1 saturated heterocycles. The van der Waals surface area contributed by atoms with Crippen molar-refractivity contribution in [1.29, 1.82) is 0 Å². The Bertz CT molecular complexity index is 775. The van der Waals surface area contributed by atoms with Gasteiger partial charge in [0.2, 0.25) is 0 Å².